The monoisotopic (exact) mass is 314 g/mol. The third-order valence-corrected chi connectivity index (χ3v) is 3.29. The molecule has 0 aliphatic rings. The van der Waals surface area contributed by atoms with E-state index in [9.17, 15) is 9.59 Å². The molecular formula is C14H18O4S2. The Balaban J connectivity index is 2.10. The Kier molecular flexibility index (Phi) is 9.40. The molecular weight excluding hydrogens is 296 g/mol. The van der Waals surface area contributed by atoms with E-state index in [4.69, 9.17) is 9.47 Å². The highest BCUT2D eigenvalue weighted by Crippen LogP contribution is 2.09. The van der Waals surface area contributed by atoms with Crippen molar-refractivity contribution in [2.45, 2.75) is 0 Å². The van der Waals surface area contributed by atoms with Crippen LogP contribution in [0.4, 0.5) is 0 Å². The number of thioether (sulfide) groups is 1. The molecule has 0 N–H and O–H groups in total. The first-order chi connectivity index (χ1) is 9.75. The Morgan fingerprint density at radius 1 is 1.00 bits per heavy atom. The van der Waals surface area contributed by atoms with Crippen molar-refractivity contribution in [1.82, 2.24) is 0 Å². The number of carbonyl (C=O) groups is 2. The minimum atomic E-state index is -0.465. The molecule has 6 heteroatoms. The van der Waals surface area contributed by atoms with Crippen LogP contribution >= 0.6 is 24.4 Å². The van der Waals surface area contributed by atoms with Crippen LogP contribution in [0.3, 0.4) is 0 Å². The molecule has 20 heavy (non-hydrogen) atoms. The summed E-state index contributed by atoms with van der Waals surface area (Å²) in [6.45, 7) is 2.02. The van der Waals surface area contributed by atoms with Crippen molar-refractivity contribution < 1.29 is 19.1 Å². The van der Waals surface area contributed by atoms with Gasteiger partial charge in [-0.3, -0.25) is 9.59 Å². The summed E-state index contributed by atoms with van der Waals surface area (Å²) in [5.41, 5.74) is 0.422. The van der Waals surface area contributed by atoms with Crippen molar-refractivity contribution in [2.24, 2.45) is 0 Å². The number of carbonyl (C=O) groups excluding carboxylic acids is 2. The molecule has 0 atom stereocenters. The average Bonchev–Trinajstić information content (AvgIpc) is 2.50. The van der Waals surface area contributed by atoms with E-state index in [1.807, 2.05) is 0 Å². The second kappa shape index (κ2) is 10.9. The summed E-state index contributed by atoms with van der Waals surface area (Å²) in [4.78, 5) is 23.4. The number of hydrogen-bond donors (Lipinski definition) is 1. The van der Waals surface area contributed by atoms with Gasteiger partial charge in [-0.15, -0.1) is 0 Å². The van der Waals surface area contributed by atoms with Gasteiger partial charge in [-0.25, -0.2) is 0 Å². The van der Waals surface area contributed by atoms with Gasteiger partial charge in [0.05, 0.1) is 26.4 Å². The maximum atomic E-state index is 11.7. The molecule has 0 amide bonds. The van der Waals surface area contributed by atoms with Crippen LogP contribution in [-0.4, -0.2) is 48.8 Å². The van der Waals surface area contributed by atoms with E-state index in [2.05, 4.69) is 12.6 Å². The Bertz CT molecular complexity index is 409. The molecule has 0 aliphatic heterocycles. The molecule has 0 saturated carbocycles. The number of hydrogen-bond acceptors (Lipinski definition) is 6. The summed E-state index contributed by atoms with van der Waals surface area (Å²) in [7, 11) is 0. The van der Waals surface area contributed by atoms with Gasteiger partial charge >= 0.3 is 0 Å². The van der Waals surface area contributed by atoms with Crippen molar-refractivity contribution >= 4 is 35.3 Å². The molecule has 0 aliphatic carbocycles. The van der Waals surface area contributed by atoms with Crippen LogP contribution in [0, 0.1) is 0 Å². The summed E-state index contributed by atoms with van der Waals surface area (Å²) in [5.74, 6) is 0.684. The van der Waals surface area contributed by atoms with Gasteiger partial charge in [0.1, 0.15) is 0 Å². The summed E-state index contributed by atoms with van der Waals surface area (Å²) >= 11 is 4.99. The fourth-order valence-corrected chi connectivity index (χ4v) is 2.12. The van der Waals surface area contributed by atoms with E-state index in [1.54, 1.807) is 30.3 Å². The van der Waals surface area contributed by atoms with Crippen LogP contribution in [-0.2, 0) is 14.3 Å². The average molecular weight is 314 g/mol. The smallest absolute Gasteiger partial charge is 0.260 e. The van der Waals surface area contributed by atoms with Crippen molar-refractivity contribution in [1.29, 1.82) is 0 Å². The molecule has 0 aromatic heterocycles. The van der Waals surface area contributed by atoms with Crippen LogP contribution in [0.5, 0.6) is 0 Å². The van der Waals surface area contributed by atoms with Crippen molar-refractivity contribution in [2.75, 3.05) is 37.9 Å². The Labute approximate surface area is 128 Å². The van der Waals surface area contributed by atoms with Gasteiger partial charge < -0.3 is 9.47 Å². The van der Waals surface area contributed by atoms with E-state index in [-0.39, 0.29) is 0 Å². The Morgan fingerprint density at radius 3 is 2.30 bits per heavy atom. The van der Waals surface area contributed by atoms with E-state index >= 15 is 0 Å². The molecule has 0 spiro atoms. The van der Waals surface area contributed by atoms with Crippen LogP contribution in [0.15, 0.2) is 30.3 Å². The quantitative estimate of drug-likeness (QED) is 0.310. The van der Waals surface area contributed by atoms with Gasteiger partial charge in [0, 0.05) is 17.1 Å². The maximum Gasteiger partial charge on any atom is 0.260 e. The summed E-state index contributed by atoms with van der Waals surface area (Å²) < 4.78 is 10.5. The highest BCUT2D eigenvalue weighted by molar-refractivity contribution is 8.15. The Morgan fingerprint density at radius 2 is 1.65 bits per heavy atom. The van der Waals surface area contributed by atoms with E-state index in [0.717, 1.165) is 11.8 Å². The van der Waals surface area contributed by atoms with Crippen LogP contribution < -0.4 is 0 Å². The molecule has 110 valence electrons. The Hall–Kier alpha value is -0.820. The lowest BCUT2D eigenvalue weighted by molar-refractivity contribution is -0.107. The lowest BCUT2D eigenvalue weighted by Crippen LogP contribution is -2.13. The van der Waals surface area contributed by atoms with Gasteiger partial charge in [-0.05, 0) is 0 Å². The van der Waals surface area contributed by atoms with Crippen molar-refractivity contribution in [3.8, 4) is 0 Å². The largest absolute Gasteiger partial charge is 0.378 e. The minimum absolute atomic E-state index is 0.419. The van der Waals surface area contributed by atoms with Crippen molar-refractivity contribution in [3.05, 3.63) is 35.9 Å². The van der Waals surface area contributed by atoms with Gasteiger partial charge in [0.2, 0.25) is 5.78 Å². The molecule has 1 rings (SSSR count). The second-order valence-corrected chi connectivity index (χ2v) is 5.29. The zero-order chi connectivity index (χ0) is 14.6. The number of ether oxygens (including phenoxy) is 2. The minimum Gasteiger partial charge on any atom is -0.378 e. The second-order valence-electron chi connectivity index (χ2n) is 3.78. The van der Waals surface area contributed by atoms with E-state index < -0.39 is 10.9 Å². The first-order valence-electron chi connectivity index (χ1n) is 6.28. The molecule has 0 unspecified atom stereocenters. The lowest BCUT2D eigenvalue weighted by atomic mass is 10.1. The number of thiol groups is 1. The van der Waals surface area contributed by atoms with Crippen LogP contribution in [0.2, 0.25) is 0 Å². The molecule has 0 bridgehead atoms. The van der Waals surface area contributed by atoms with Gasteiger partial charge in [0.25, 0.3) is 5.12 Å². The number of rotatable bonds is 10. The molecule has 0 saturated heterocycles. The van der Waals surface area contributed by atoms with E-state index in [1.165, 1.54) is 0 Å². The molecule has 0 radical (unpaired) electrons. The molecule has 1 aromatic carbocycles. The zero-order valence-electron chi connectivity index (χ0n) is 11.1. The molecule has 0 fully saturated rings. The van der Waals surface area contributed by atoms with Crippen LogP contribution in [0.1, 0.15) is 10.4 Å². The predicted molar refractivity (Wildman–Crippen MR) is 83.7 cm³/mol. The summed E-state index contributed by atoms with van der Waals surface area (Å²) in [6, 6.07) is 8.54. The standard InChI is InChI=1S/C14H18O4S2/c15-13(12-4-2-1-3-5-12)14(16)20-11-9-18-7-6-17-8-10-19/h1-5,19H,6-11H2. The fourth-order valence-electron chi connectivity index (χ4n) is 1.35. The summed E-state index contributed by atoms with van der Waals surface area (Å²) in [6.07, 6.45) is 0. The number of Topliss-reactive ketones (excluding diaryl/α,β-unsaturated/α-hetero) is 1. The molecule has 0 heterocycles. The van der Waals surface area contributed by atoms with E-state index in [0.29, 0.717) is 43.5 Å². The lowest BCUT2D eigenvalue weighted by Gasteiger charge is -2.04. The predicted octanol–water partition coefficient (Wildman–Crippen LogP) is 2.09. The van der Waals surface area contributed by atoms with Gasteiger partial charge in [-0.2, -0.15) is 12.6 Å². The SMILES string of the molecule is O=C(SCCOCCOCCS)C(=O)c1ccccc1. The first-order valence-corrected chi connectivity index (χ1v) is 7.90. The zero-order valence-corrected chi connectivity index (χ0v) is 12.8. The maximum absolute atomic E-state index is 11.7. The highest BCUT2D eigenvalue weighted by Gasteiger charge is 2.15. The van der Waals surface area contributed by atoms with Gasteiger partial charge in [0.15, 0.2) is 0 Å². The molecule has 1 aromatic rings. The fraction of sp³-hybridized carbons (Fsp3) is 0.429. The van der Waals surface area contributed by atoms with Crippen molar-refractivity contribution in [3.63, 3.8) is 0 Å². The normalized spacial score (nSPS) is 10.4. The third kappa shape index (κ3) is 7.09. The summed E-state index contributed by atoms with van der Waals surface area (Å²) in [5, 5.41) is -0.453. The topological polar surface area (TPSA) is 52.6 Å². The van der Waals surface area contributed by atoms with Crippen LogP contribution in [0.25, 0.3) is 0 Å². The first kappa shape index (κ1) is 17.2. The van der Waals surface area contributed by atoms with Gasteiger partial charge in [-0.1, -0.05) is 42.1 Å². The number of benzene rings is 1. The molecule has 4 nitrogen and oxygen atoms in total. The third-order valence-electron chi connectivity index (χ3n) is 2.29. The number of ketones is 1. The highest BCUT2D eigenvalue weighted by atomic mass is 32.2.